The van der Waals surface area contributed by atoms with E-state index >= 15 is 0 Å². The van der Waals surface area contributed by atoms with Crippen LogP contribution in [-0.4, -0.2) is 0 Å². The normalized spacial score (nSPS) is 24.4. The fourth-order valence-corrected chi connectivity index (χ4v) is 2.18. The van der Waals surface area contributed by atoms with Gasteiger partial charge in [0.25, 0.3) is 0 Å². The van der Waals surface area contributed by atoms with Crippen molar-refractivity contribution in [3.05, 3.63) is 12.2 Å². The fraction of sp³-hybridized carbons (Fsp3) is 0.833. The largest absolute Gasteiger partial charge is 0.0999 e. The zero-order valence-electron chi connectivity index (χ0n) is 8.44. The van der Waals surface area contributed by atoms with Gasteiger partial charge in [-0.05, 0) is 31.6 Å². The van der Waals surface area contributed by atoms with Gasteiger partial charge in [-0.1, -0.05) is 44.8 Å². The van der Waals surface area contributed by atoms with Crippen LogP contribution >= 0.6 is 0 Å². The third-order valence-corrected chi connectivity index (χ3v) is 2.94. The molecule has 70 valence electrons. The van der Waals surface area contributed by atoms with Gasteiger partial charge in [0.2, 0.25) is 0 Å². The number of allylic oxidation sites excluding steroid dienone is 1. The minimum Gasteiger partial charge on any atom is -0.0999 e. The average Bonchev–Trinajstić information content (AvgIpc) is 2.05. The van der Waals surface area contributed by atoms with Crippen LogP contribution in [0, 0.1) is 5.92 Å². The van der Waals surface area contributed by atoms with Crippen LogP contribution in [0.5, 0.6) is 0 Å². The maximum Gasteiger partial charge on any atom is -0.0294 e. The SMILES string of the molecule is C=C1CCCC(CCCCC)C1. The van der Waals surface area contributed by atoms with Gasteiger partial charge >= 0.3 is 0 Å². The standard InChI is InChI=1S/C12H22/c1-3-4-5-8-12-9-6-7-11(2)10-12/h12H,2-10H2,1H3. The van der Waals surface area contributed by atoms with Gasteiger partial charge in [-0.2, -0.15) is 0 Å². The Morgan fingerprint density at radius 2 is 2.25 bits per heavy atom. The van der Waals surface area contributed by atoms with E-state index in [9.17, 15) is 0 Å². The highest BCUT2D eigenvalue weighted by atomic mass is 14.2. The van der Waals surface area contributed by atoms with Crippen molar-refractivity contribution in [1.29, 1.82) is 0 Å². The number of hydrogen-bond acceptors (Lipinski definition) is 0. The summed E-state index contributed by atoms with van der Waals surface area (Å²) in [4.78, 5) is 0. The van der Waals surface area contributed by atoms with E-state index in [-0.39, 0.29) is 0 Å². The zero-order valence-corrected chi connectivity index (χ0v) is 8.44. The summed E-state index contributed by atoms with van der Waals surface area (Å²) >= 11 is 0. The highest BCUT2D eigenvalue weighted by Gasteiger charge is 2.14. The number of hydrogen-bond donors (Lipinski definition) is 0. The van der Waals surface area contributed by atoms with E-state index in [0.717, 1.165) is 5.92 Å². The molecule has 12 heavy (non-hydrogen) atoms. The van der Waals surface area contributed by atoms with E-state index in [2.05, 4.69) is 13.5 Å². The van der Waals surface area contributed by atoms with Gasteiger partial charge in [0.1, 0.15) is 0 Å². The van der Waals surface area contributed by atoms with E-state index in [0.29, 0.717) is 0 Å². The van der Waals surface area contributed by atoms with Crippen LogP contribution in [-0.2, 0) is 0 Å². The van der Waals surface area contributed by atoms with Crippen LogP contribution in [0.2, 0.25) is 0 Å². The summed E-state index contributed by atoms with van der Waals surface area (Å²) in [6.45, 7) is 6.37. The van der Waals surface area contributed by atoms with Crippen molar-refractivity contribution < 1.29 is 0 Å². The predicted molar refractivity (Wildman–Crippen MR) is 55.2 cm³/mol. The minimum absolute atomic E-state index is 0.984. The lowest BCUT2D eigenvalue weighted by molar-refractivity contribution is 0.379. The molecule has 1 fully saturated rings. The highest BCUT2D eigenvalue weighted by molar-refractivity contribution is 4.98. The molecule has 0 nitrogen and oxygen atoms in total. The second kappa shape index (κ2) is 5.40. The van der Waals surface area contributed by atoms with Gasteiger partial charge in [-0.15, -0.1) is 0 Å². The zero-order chi connectivity index (χ0) is 8.81. The maximum absolute atomic E-state index is 4.09. The molecule has 0 amide bonds. The Bertz CT molecular complexity index is 135. The molecule has 0 aromatic heterocycles. The van der Waals surface area contributed by atoms with Crippen molar-refractivity contribution in [2.45, 2.75) is 58.3 Å². The molecule has 0 heteroatoms. The molecule has 0 radical (unpaired) electrons. The molecule has 0 bridgehead atoms. The molecule has 0 N–H and O–H groups in total. The van der Waals surface area contributed by atoms with Gasteiger partial charge in [0, 0.05) is 0 Å². The quantitative estimate of drug-likeness (QED) is 0.431. The summed E-state index contributed by atoms with van der Waals surface area (Å²) < 4.78 is 0. The van der Waals surface area contributed by atoms with Gasteiger partial charge in [0.15, 0.2) is 0 Å². The van der Waals surface area contributed by atoms with Crippen molar-refractivity contribution in [2.75, 3.05) is 0 Å². The molecule has 1 atom stereocenters. The molecule has 1 saturated carbocycles. The molecule has 0 spiro atoms. The van der Waals surface area contributed by atoms with E-state index in [1.165, 1.54) is 56.9 Å². The van der Waals surface area contributed by atoms with Crippen molar-refractivity contribution in [3.63, 3.8) is 0 Å². The lowest BCUT2D eigenvalue weighted by Gasteiger charge is -2.23. The Balaban J connectivity index is 2.10. The molecule has 0 aromatic rings. The smallest absolute Gasteiger partial charge is 0.0294 e. The van der Waals surface area contributed by atoms with Crippen LogP contribution < -0.4 is 0 Å². The molecule has 0 aromatic carbocycles. The molecule has 0 heterocycles. The highest BCUT2D eigenvalue weighted by Crippen LogP contribution is 2.30. The minimum atomic E-state index is 0.984. The Kier molecular flexibility index (Phi) is 4.42. The Morgan fingerprint density at radius 3 is 2.92 bits per heavy atom. The third kappa shape index (κ3) is 3.42. The first-order chi connectivity index (χ1) is 5.83. The monoisotopic (exact) mass is 166 g/mol. The summed E-state index contributed by atoms with van der Waals surface area (Å²) in [7, 11) is 0. The molecular formula is C12H22. The van der Waals surface area contributed by atoms with E-state index in [1.54, 1.807) is 0 Å². The first kappa shape index (κ1) is 9.83. The van der Waals surface area contributed by atoms with Gasteiger partial charge < -0.3 is 0 Å². The summed E-state index contributed by atoms with van der Waals surface area (Å²) in [5.74, 6) is 0.984. The van der Waals surface area contributed by atoms with Gasteiger partial charge in [-0.25, -0.2) is 0 Å². The Hall–Kier alpha value is -0.260. The number of rotatable bonds is 4. The van der Waals surface area contributed by atoms with Crippen molar-refractivity contribution >= 4 is 0 Å². The lowest BCUT2D eigenvalue weighted by atomic mass is 9.83. The summed E-state index contributed by atoms with van der Waals surface area (Å²) in [5, 5.41) is 0. The van der Waals surface area contributed by atoms with Gasteiger partial charge in [-0.3, -0.25) is 0 Å². The third-order valence-electron chi connectivity index (χ3n) is 2.94. The average molecular weight is 166 g/mol. The van der Waals surface area contributed by atoms with Crippen molar-refractivity contribution in [3.8, 4) is 0 Å². The van der Waals surface area contributed by atoms with E-state index < -0.39 is 0 Å². The molecule has 1 rings (SSSR count). The Morgan fingerprint density at radius 1 is 1.42 bits per heavy atom. The molecular weight excluding hydrogens is 144 g/mol. The van der Waals surface area contributed by atoms with Gasteiger partial charge in [0.05, 0.1) is 0 Å². The summed E-state index contributed by atoms with van der Waals surface area (Å²) in [5.41, 5.74) is 1.50. The Labute approximate surface area is 77.1 Å². The second-order valence-electron chi connectivity index (χ2n) is 4.21. The van der Waals surface area contributed by atoms with E-state index in [4.69, 9.17) is 0 Å². The van der Waals surface area contributed by atoms with Crippen LogP contribution in [0.1, 0.15) is 58.3 Å². The first-order valence-electron chi connectivity index (χ1n) is 5.49. The second-order valence-corrected chi connectivity index (χ2v) is 4.21. The molecule has 0 aliphatic heterocycles. The van der Waals surface area contributed by atoms with Crippen LogP contribution in [0.25, 0.3) is 0 Å². The van der Waals surface area contributed by atoms with Crippen molar-refractivity contribution in [2.24, 2.45) is 5.92 Å². The van der Waals surface area contributed by atoms with Crippen LogP contribution in [0.3, 0.4) is 0 Å². The first-order valence-corrected chi connectivity index (χ1v) is 5.49. The fourth-order valence-electron chi connectivity index (χ4n) is 2.18. The molecule has 1 aliphatic carbocycles. The van der Waals surface area contributed by atoms with E-state index in [1.807, 2.05) is 0 Å². The maximum atomic E-state index is 4.09. The number of unbranched alkanes of at least 4 members (excludes halogenated alkanes) is 2. The summed E-state index contributed by atoms with van der Waals surface area (Å²) in [6.07, 6.45) is 11.1. The van der Waals surface area contributed by atoms with Crippen LogP contribution in [0.4, 0.5) is 0 Å². The molecule has 0 saturated heterocycles. The molecule has 1 aliphatic rings. The molecule has 1 unspecified atom stereocenters. The predicted octanol–water partition coefficient (Wildman–Crippen LogP) is 4.31. The van der Waals surface area contributed by atoms with Crippen LogP contribution in [0.15, 0.2) is 12.2 Å². The lowest BCUT2D eigenvalue weighted by Crippen LogP contribution is -2.07. The topological polar surface area (TPSA) is 0 Å². The summed E-state index contributed by atoms with van der Waals surface area (Å²) in [6, 6.07) is 0. The van der Waals surface area contributed by atoms with Crippen molar-refractivity contribution in [1.82, 2.24) is 0 Å².